The van der Waals surface area contributed by atoms with Crippen molar-refractivity contribution in [3.63, 3.8) is 0 Å². The largest absolute Gasteiger partial charge is 0.376 e. The normalized spacial score (nSPS) is 26.1. The average Bonchev–Trinajstić information content (AvgIpc) is 2.99. The third kappa shape index (κ3) is 8.36. The Balaban J connectivity index is 0.000000167. The molecule has 2 N–H and O–H groups in total. The molecule has 2 unspecified atom stereocenters. The summed E-state index contributed by atoms with van der Waals surface area (Å²) in [6.45, 7) is 4.80. The van der Waals surface area contributed by atoms with Crippen LogP contribution in [-0.4, -0.2) is 55.1 Å². The van der Waals surface area contributed by atoms with Gasteiger partial charge in [-0.3, -0.25) is 0 Å². The van der Waals surface area contributed by atoms with Gasteiger partial charge in [-0.25, -0.2) is 0 Å². The summed E-state index contributed by atoms with van der Waals surface area (Å²) in [6, 6.07) is 0. The SMILES string of the molecule is C(OCC1CO1)C1CO1.CC#CC(O)O. The highest BCUT2D eigenvalue weighted by Gasteiger charge is 2.26. The molecule has 2 rings (SSSR count). The molecule has 0 radical (unpaired) electrons. The van der Waals surface area contributed by atoms with Crippen molar-refractivity contribution in [2.45, 2.75) is 25.4 Å². The van der Waals surface area contributed by atoms with Gasteiger partial charge in [0, 0.05) is 0 Å². The van der Waals surface area contributed by atoms with E-state index in [9.17, 15) is 0 Å². The lowest BCUT2D eigenvalue weighted by atomic mass is 10.5. The summed E-state index contributed by atoms with van der Waals surface area (Å²) in [4.78, 5) is 0. The predicted molar refractivity (Wildman–Crippen MR) is 52.0 cm³/mol. The topological polar surface area (TPSA) is 74.8 Å². The highest BCUT2D eigenvalue weighted by molar-refractivity contribution is 4.96. The number of hydrogen-bond donors (Lipinski definition) is 2. The van der Waals surface area contributed by atoms with Gasteiger partial charge in [-0.15, -0.1) is 5.92 Å². The third-order valence-corrected chi connectivity index (χ3v) is 1.69. The zero-order valence-electron chi connectivity index (χ0n) is 8.68. The van der Waals surface area contributed by atoms with E-state index >= 15 is 0 Å². The van der Waals surface area contributed by atoms with Crippen molar-refractivity contribution in [1.29, 1.82) is 0 Å². The molecule has 0 spiro atoms. The maximum atomic E-state index is 7.93. The molecule has 2 saturated heterocycles. The van der Waals surface area contributed by atoms with Crippen molar-refractivity contribution in [3.05, 3.63) is 0 Å². The van der Waals surface area contributed by atoms with Crippen LogP contribution in [0.25, 0.3) is 0 Å². The molecule has 0 amide bonds. The molecule has 2 heterocycles. The van der Waals surface area contributed by atoms with Crippen LogP contribution in [0, 0.1) is 11.8 Å². The third-order valence-electron chi connectivity index (χ3n) is 1.69. The molecule has 0 saturated carbocycles. The van der Waals surface area contributed by atoms with Crippen LogP contribution in [-0.2, 0) is 14.2 Å². The van der Waals surface area contributed by atoms with E-state index in [1.807, 2.05) is 0 Å². The number of ether oxygens (including phenoxy) is 3. The minimum absolute atomic E-state index is 0.392. The highest BCUT2D eigenvalue weighted by Crippen LogP contribution is 2.12. The number of rotatable bonds is 4. The van der Waals surface area contributed by atoms with Gasteiger partial charge in [-0.05, 0) is 12.8 Å². The monoisotopic (exact) mass is 216 g/mol. The first kappa shape index (κ1) is 12.4. The van der Waals surface area contributed by atoms with E-state index in [-0.39, 0.29) is 0 Å². The van der Waals surface area contributed by atoms with Crippen molar-refractivity contribution in [2.24, 2.45) is 0 Å². The van der Waals surface area contributed by atoms with Gasteiger partial charge in [-0.2, -0.15) is 0 Å². The minimum Gasteiger partial charge on any atom is -0.376 e. The van der Waals surface area contributed by atoms with E-state index in [1.54, 1.807) is 6.92 Å². The number of aliphatic hydroxyl groups excluding tert-OH is 1. The lowest BCUT2D eigenvalue weighted by Crippen LogP contribution is -2.06. The van der Waals surface area contributed by atoms with E-state index in [4.69, 9.17) is 24.4 Å². The summed E-state index contributed by atoms with van der Waals surface area (Å²) in [5.74, 6) is 4.39. The molecule has 2 aliphatic heterocycles. The quantitative estimate of drug-likeness (QED) is 0.362. The summed E-state index contributed by atoms with van der Waals surface area (Å²) in [5.41, 5.74) is 0. The zero-order valence-corrected chi connectivity index (χ0v) is 8.68. The Morgan fingerprint density at radius 2 is 1.73 bits per heavy atom. The first-order valence-corrected chi connectivity index (χ1v) is 4.81. The van der Waals surface area contributed by atoms with E-state index in [0.29, 0.717) is 12.2 Å². The molecule has 0 aromatic rings. The van der Waals surface area contributed by atoms with Crippen LogP contribution in [0.2, 0.25) is 0 Å². The molecule has 5 nitrogen and oxygen atoms in total. The van der Waals surface area contributed by atoms with Gasteiger partial charge in [0.25, 0.3) is 0 Å². The van der Waals surface area contributed by atoms with Gasteiger partial charge in [0.15, 0.2) is 0 Å². The van der Waals surface area contributed by atoms with Crippen molar-refractivity contribution in [3.8, 4) is 11.8 Å². The van der Waals surface area contributed by atoms with Crippen LogP contribution >= 0.6 is 0 Å². The summed E-state index contributed by atoms with van der Waals surface area (Å²) < 4.78 is 15.1. The smallest absolute Gasteiger partial charge is 0.217 e. The Morgan fingerprint density at radius 3 is 1.93 bits per heavy atom. The fourth-order valence-electron chi connectivity index (χ4n) is 0.789. The van der Waals surface area contributed by atoms with Gasteiger partial charge in [-0.1, -0.05) is 0 Å². The molecule has 2 atom stereocenters. The van der Waals surface area contributed by atoms with E-state index < -0.39 is 6.29 Å². The molecular formula is C10H16O5. The number of hydrogen-bond acceptors (Lipinski definition) is 5. The van der Waals surface area contributed by atoms with Gasteiger partial charge in [0.05, 0.1) is 26.4 Å². The standard InChI is InChI=1S/C6H10O3.C4H6O2/c1(5-3-8-5)7-2-6-4-9-6;1-2-3-4(5)6/h5-6H,1-4H2;4-6H,1H3. The minimum atomic E-state index is -1.46. The maximum Gasteiger partial charge on any atom is 0.217 e. The summed E-state index contributed by atoms with van der Waals surface area (Å²) in [6.07, 6.45) is -0.678. The molecule has 15 heavy (non-hydrogen) atoms. The van der Waals surface area contributed by atoms with Crippen molar-refractivity contribution >= 4 is 0 Å². The second-order valence-corrected chi connectivity index (χ2v) is 3.22. The fourth-order valence-corrected chi connectivity index (χ4v) is 0.789. The van der Waals surface area contributed by atoms with E-state index in [2.05, 4.69) is 11.8 Å². The average molecular weight is 216 g/mol. The van der Waals surface area contributed by atoms with Crippen molar-refractivity contribution in [1.82, 2.24) is 0 Å². The lowest BCUT2D eigenvalue weighted by molar-refractivity contribution is 0.0108. The second-order valence-electron chi connectivity index (χ2n) is 3.22. The van der Waals surface area contributed by atoms with Gasteiger partial charge < -0.3 is 24.4 Å². The second kappa shape index (κ2) is 6.77. The van der Waals surface area contributed by atoms with Crippen molar-refractivity contribution in [2.75, 3.05) is 26.4 Å². The number of aliphatic hydroxyl groups is 2. The molecule has 0 aliphatic carbocycles. The summed E-state index contributed by atoms with van der Waals surface area (Å²) in [7, 11) is 0. The molecule has 0 aromatic carbocycles. The van der Waals surface area contributed by atoms with E-state index in [1.165, 1.54) is 0 Å². The highest BCUT2D eigenvalue weighted by atomic mass is 16.6. The van der Waals surface area contributed by atoms with Gasteiger partial charge in [0.2, 0.25) is 6.29 Å². The van der Waals surface area contributed by atoms with Crippen LogP contribution < -0.4 is 0 Å². The Bertz CT molecular complexity index is 210. The summed E-state index contributed by atoms with van der Waals surface area (Å²) in [5, 5.41) is 15.9. The zero-order chi connectivity index (χ0) is 11.1. The Morgan fingerprint density at radius 1 is 1.27 bits per heavy atom. The van der Waals surface area contributed by atoms with Crippen LogP contribution in [0.4, 0.5) is 0 Å². The van der Waals surface area contributed by atoms with Gasteiger partial charge in [0.1, 0.15) is 12.2 Å². The molecule has 2 fully saturated rings. The Labute approximate surface area is 88.9 Å². The molecule has 2 aliphatic rings. The molecular weight excluding hydrogens is 200 g/mol. The van der Waals surface area contributed by atoms with Crippen molar-refractivity contribution < 1.29 is 24.4 Å². The first-order valence-electron chi connectivity index (χ1n) is 4.81. The lowest BCUT2D eigenvalue weighted by Gasteiger charge is -1.95. The molecule has 0 aromatic heterocycles. The maximum absolute atomic E-state index is 7.93. The summed E-state index contributed by atoms with van der Waals surface area (Å²) >= 11 is 0. The molecule has 0 bridgehead atoms. The van der Waals surface area contributed by atoms with Crippen LogP contribution in [0.5, 0.6) is 0 Å². The predicted octanol–water partition coefficient (Wildman–Crippen LogP) is -0.879. The van der Waals surface area contributed by atoms with Crippen LogP contribution in [0.1, 0.15) is 6.92 Å². The Hall–Kier alpha value is -0.640. The van der Waals surface area contributed by atoms with Crippen LogP contribution in [0.15, 0.2) is 0 Å². The molecule has 5 heteroatoms. The Kier molecular flexibility index (Phi) is 5.61. The first-order chi connectivity index (χ1) is 7.22. The van der Waals surface area contributed by atoms with Crippen LogP contribution in [0.3, 0.4) is 0 Å². The molecule has 86 valence electrons. The number of epoxide rings is 2. The van der Waals surface area contributed by atoms with Gasteiger partial charge >= 0.3 is 0 Å². The fraction of sp³-hybridized carbons (Fsp3) is 0.800. The van der Waals surface area contributed by atoms with E-state index in [0.717, 1.165) is 26.4 Å².